The molecule has 0 radical (unpaired) electrons. The van der Waals surface area contributed by atoms with Crippen LogP contribution in [0.1, 0.15) is 20.8 Å². The predicted molar refractivity (Wildman–Crippen MR) is 107 cm³/mol. The Labute approximate surface area is 199 Å². The molecular formula is C21H27N2NaO6. The fourth-order valence-electron chi connectivity index (χ4n) is 1.94. The smallest absolute Gasteiger partial charge is 0.543 e. The second-order valence-electron chi connectivity index (χ2n) is 6.08. The first-order chi connectivity index (χ1) is 13.9. The van der Waals surface area contributed by atoms with Crippen molar-refractivity contribution in [3.63, 3.8) is 0 Å². The number of carboxylic acids is 1. The number of carbonyl (C=O) groups excluding carboxylic acids is 1. The summed E-state index contributed by atoms with van der Waals surface area (Å²) in [5.41, 5.74) is -0.197. The molecule has 0 aliphatic heterocycles. The summed E-state index contributed by atoms with van der Waals surface area (Å²) in [7, 11) is 0. The first kappa shape index (κ1) is 27.9. The van der Waals surface area contributed by atoms with Crippen LogP contribution in [-0.2, 0) is 14.5 Å². The van der Waals surface area contributed by atoms with Crippen LogP contribution in [0.25, 0.3) is 0 Å². The van der Waals surface area contributed by atoms with Gasteiger partial charge >= 0.3 is 29.6 Å². The van der Waals surface area contributed by atoms with Gasteiger partial charge in [0.25, 0.3) is 0 Å². The number of hydrogen-bond donors (Lipinski definition) is 1. The van der Waals surface area contributed by atoms with Gasteiger partial charge in [-0.25, -0.2) is 5.90 Å². The standard InChI is InChI=1S/C12H15NO4.C9H13NO2.Na/c1-9(8-16-13-10(2)12(14)15)17-11-6-4-3-5-7-11;1-8(7-11-10)12-9-5-3-2-4-6-9;/h3-7,9H,8H2,1-2H3,(H,14,15);2-6,8H,7,10H2,1H3;/q;;+1/p-1. The van der Waals surface area contributed by atoms with Crippen molar-refractivity contribution in [1.82, 2.24) is 0 Å². The number of oxime groups is 1. The zero-order chi connectivity index (χ0) is 21.5. The number of hydrogen-bond acceptors (Lipinski definition) is 8. The van der Waals surface area contributed by atoms with E-state index >= 15 is 0 Å². The van der Waals surface area contributed by atoms with Crippen LogP contribution in [0.15, 0.2) is 65.8 Å². The fourth-order valence-corrected chi connectivity index (χ4v) is 1.94. The molecule has 0 fully saturated rings. The molecule has 0 saturated heterocycles. The minimum Gasteiger partial charge on any atom is -0.543 e. The van der Waals surface area contributed by atoms with Crippen LogP contribution in [0.3, 0.4) is 0 Å². The van der Waals surface area contributed by atoms with Gasteiger partial charge in [-0.3, -0.25) is 0 Å². The van der Waals surface area contributed by atoms with E-state index < -0.39 is 5.97 Å². The molecule has 8 nitrogen and oxygen atoms in total. The molecule has 0 bridgehead atoms. The van der Waals surface area contributed by atoms with Gasteiger partial charge in [0.15, 0.2) is 6.61 Å². The second kappa shape index (κ2) is 16.7. The average molecular weight is 426 g/mol. The van der Waals surface area contributed by atoms with Gasteiger partial charge in [-0.2, -0.15) is 0 Å². The Balaban J connectivity index is 0.000000573. The van der Waals surface area contributed by atoms with E-state index in [0.29, 0.717) is 6.61 Å². The minimum atomic E-state index is -1.35. The van der Waals surface area contributed by atoms with Crippen molar-refractivity contribution in [3.05, 3.63) is 60.7 Å². The number of aliphatic carboxylic acids is 1. The summed E-state index contributed by atoms with van der Waals surface area (Å²) in [5.74, 6) is 5.12. The van der Waals surface area contributed by atoms with E-state index in [0.717, 1.165) is 11.5 Å². The summed E-state index contributed by atoms with van der Waals surface area (Å²) in [6, 6.07) is 18.8. The topological polar surface area (TPSA) is 115 Å². The Morgan fingerprint density at radius 2 is 1.37 bits per heavy atom. The van der Waals surface area contributed by atoms with Crippen LogP contribution in [-0.4, -0.2) is 37.1 Å². The van der Waals surface area contributed by atoms with E-state index in [1.807, 2.05) is 67.6 Å². The van der Waals surface area contributed by atoms with E-state index in [-0.39, 0.29) is 54.1 Å². The van der Waals surface area contributed by atoms with Crippen LogP contribution >= 0.6 is 0 Å². The van der Waals surface area contributed by atoms with Crippen LogP contribution in [0.2, 0.25) is 0 Å². The van der Waals surface area contributed by atoms with Crippen molar-refractivity contribution in [2.45, 2.75) is 33.0 Å². The van der Waals surface area contributed by atoms with Crippen LogP contribution in [0.4, 0.5) is 0 Å². The van der Waals surface area contributed by atoms with E-state index in [1.165, 1.54) is 6.92 Å². The maximum Gasteiger partial charge on any atom is 1.00 e. The summed E-state index contributed by atoms with van der Waals surface area (Å²) in [4.78, 5) is 19.6. The number of ether oxygens (including phenoxy) is 2. The van der Waals surface area contributed by atoms with Gasteiger partial charge in [0, 0.05) is 0 Å². The predicted octanol–water partition coefficient (Wildman–Crippen LogP) is -1.06. The fraction of sp³-hybridized carbons (Fsp3) is 0.333. The Hall–Kier alpha value is -2.10. The van der Waals surface area contributed by atoms with E-state index in [2.05, 4.69) is 9.99 Å². The molecule has 158 valence electrons. The summed E-state index contributed by atoms with van der Waals surface area (Å²) in [5, 5.41) is 13.7. The molecule has 0 saturated carbocycles. The van der Waals surface area contributed by atoms with Crippen LogP contribution in [0.5, 0.6) is 11.5 Å². The van der Waals surface area contributed by atoms with Crippen molar-refractivity contribution in [2.75, 3.05) is 13.2 Å². The molecule has 0 aliphatic rings. The summed E-state index contributed by atoms with van der Waals surface area (Å²) in [6.45, 7) is 5.57. The molecule has 0 spiro atoms. The summed E-state index contributed by atoms with van der Waals surface area (Å²) < 4.78 is 10.9. The van der Waals surface area contributed by atoms with Crippen molar-refractivity contribution in [3.8, 4) is 11.5 Å². The maximum atomic E-state index is 10.3. The molecule has 0 aliphatic carbocycles. The van der Waals surface area contributed by atoms with Crippen LogP contribution in [0, 0.1) is 0 Å². The zero-order valence-corrected chi connectivity index (χ0v) is 19.8. The molecule has 2 unspecified atom stereocenters. The SMILES string of the molecule is CC(=NOCC(C)Oc1ccccc1)C(=O)[O-].CC(CON)Oc1ccccc1.[Na+]. The van der Waals surface area contributed by atoms with Crippen molar-refractivity contribution < 1.29 is 58.6 Å². The first-order valence-corrected chi connectivity index (χ1v) is 9.05. The number of carboxylic acid groups (broad SMARTS) is 1. The van der Waals surface area contributed by atoms with Gasteiger partial charge in [-0.15, -0.1) is 0 Å². The molecule has 2 atom stereocenters. The molecular weight excluding hydrogens is 399 g/mol. The molecule has 2 rings (SSSR count). The second-order valence-corrected chi connectivity index (χ2v) is 6.08. The molecule has 2 N–H and O–H groups in total. The average Bonchev–Trinajstić information content (AvgIpc) is 2.70. The number of benzene rings is 2. The van der Waals surface area contributed by atoms with Crippen molar-refractivity contribution in [1.29, 1.82) is 0 Å². The van der Waals surface area contributed by atoms with Gasteiger partial charge in [0.1, 0.15) is 30.3 Å². The van der Waals surface area contributed by atoms with Crippen molar-refractivity contribution in [2.24, 2.45) is 11.1 Å². The number of para-hydroxylation sites is 2. The molecule has 2 aromatic rings. The Bertz CT molecular complexity index is 731. The quantitative estimate of drug-likeness (QED) is 0.293. The zero-order valence-electron chi connectivity index (χ0n) is 17.8. The van der Waals surface area contributed by atoms with E-state index in [1.54, 1.807) is 6.92 Å². The first-order valence-electron chi connectivity index (χ1n) is 9.05. The van der Waals surface area contributed by atoms with Crippen molar-refractivity contribution >= 4 is 11.7 Å². The molecule has 30 heavy (non-hydrogen) atoms. The molecule has 0 aromatic heterocycles. The Morgan fingerprint density at radius 3 is 1.77 bits per heavy atom. The van der Waals surface area contributed by atoms with Gasteiger partial charge in [-0.05, 0) is 45.0 Å². The number of nitrogens with zero attached hydrogens (tertiary/aromatic N) is 1. The Kier molecular flexibility index (Phi) is 15.5. The monoisotopic (exact) mass is 426 g/mol. The molecule has 9 heteroatoms. The largest absolute Gasteiger partial charge is 1.00 e. The van der Waals surface area contributed by atoms with Gasteiger partial charge in [-0.1, -0.05) is 41.6 Å². The van der Waals surface area contributed by atoms with E-state index in [9.17, 15) is 9.90 Å². The maximum absolute atomic E-state index is 10.3. The number of carbonyl (C=O) groups is 1. The summed E-state index contributed by atoms with van der Waals surface area (Å²) in [6.07, 6.45) is -0.242. The van der Waals surface area contributed by atoms with Gasteiger partial charge < -0.3 is 29.0 Å². The van der Waals surface area contributed by atoms with Crippen LogP contribution < -0.4 is 50.0 Å². The molecule has 2 aromatic carbocycles. The van der Waals surface area contributed by atoms with Gasteiger partial charge in [0.05, 0.1) is 11.7 Å². The Morgan fingerprint density at radius 1 is 0.933 bits per heavy atom. The third kappa shape index (κ3) is 13.2. The summed E-state index contributed by atoms with van der Waals surface area (Å²) >= 11 is 0. The molecule has 0 heterocycles. The third-order valence-electron chi connectivity index (χ3n) is 3.30. The number of rotatable bonds is 10. The number of nitrogens with two attached hydrogens (primary N) is 1. The minimum absolute atomic E-state index is 0. The van der Waals surface area contributed by atoms with Gasteiger partial charge in [0.2, 0.25) is 0 Å². The molecule has 0 amide bonds. The third-order valence-corrected chi connectivity index (χ3v) is 3.30. The normalized spacial score (nSPS) is 12.3. The van der Waals surface area contributed by atoms with E-state index in [4.69, 9.17) is 20.2 Å².